The SMILES string of the molecule is NC(=O)C[C@H](N)C(=O)O.O.O=P(O)(O)O. The van der Waals surface area contributed by atoms with Gasteiger partial charge < -0.3 is 36.7 Å². The number of carboxylic acids is 1. The summed E-state index contributed by atoms with van der Waals surface area (Å²) in [6.45, 7) is 0. The lowest BCUT2D eigenvalue weighted by Gasteiger charge is -1.99. The predicted molar refractivity (Wildman–Crippen MR) is 47.3 cm³/mol. The van der Waals surface area contributed by atoms with Crippen LogP contribution in [0, 0.1) is 0 Å². The minimum Gasteiger partial charge on any atom is -0.480 e. The van der Waals surface area contributed by atoms with Crippen LogP contribution in [0.4, 0.5) is 0 Å². The van der Waals surface area contributed by atoms with Crippen molar-refractivity contribution in [2.75, 3.05) is 0 Å². The van der Waals surface area contributed by atoms with Gasteiger partial charge in [0.25, 0.3) is 0 Å². The molecule has 0 heterocycles. The van der Waals surface area contributed by atoms with E-state index in [0.717, 1.165) is 0 Å². The Morgan fingerprint density at radius 2 is 1.53 bits per heavy atom. The molecule has 0 aliphatic rings. The number of carbonyl (C=O) groups is 2. The first-order chi connectivity index (χ1) is 6.04. The molecule has 10 N–H and O–H groups in total. The summed E-state index contributed by atoms with van der Waals surface area (Å²) in [7, 11) is -4.64. The Hall–Kier alpha value is -1.03. The lowest BCUT2D eigenvalue weighted by Crippen LogP contribution is -2.34. The molecule has 0 aromatic carbocycles. The summed E-state index contributed by atoms with van der Waals surface area (Å²) in [6.07, 6.45) is -0.310. The number of carbonyl (C=O) groups excluding carboxylic acids is 1. The van der Waals surface area contributed by atoms with Gasteiger partial charge in [-0.05, 0) is 0 Å². The van der Waals surface area contributed by atoms with Crippen LogP contribution < -0.4 is 11.5 Å². The fourth-order valence-electron chi connectivity index (χ4n) is 0.304. The summed E-state index contributed by atoms with van der Waals surface area (Å²) in [6, 6.07) is -1.16. The molecule has 0 fully saturated rings. The molecule has 0 aliphatic heterocycles. The van der Waals surface area contributed by atoms with Crippen LogP contribution in [0.25, 0.3) is 0 Å². The maximum atomic E-state index is 9.99. The van der Waals surface area contributed by atoms with Crippen molar-refractivity contribution in [3.05, 3.63) is 0 Å². The van der Waals surface area contributed by atoms with Crippen LogP contribution in [0.5, 0.6) is 0 Å². The summed E-state index contributed by atoms with van der Waals surface area (Å²) < 4.78 is 8.88. The van der Waals surface area contributed by atoms with Gasteiger partial charge in [0.15, 0.2) is 0 Å². The highest BCUT2D eigenvalue weighted by Gasteiger charge is 2.13. The molecule has 0 saturated heterocycles. The average molecular weight is 248 g/mol. The van der Waals surface area contributed by atoms with Crippen LogP contribution in [0.1, 0.15) is 6.42 Å². The summed E-state index contributed by atoms with van der Waals surface area (Å²) in [5.41, 5.74) is 9.57. The highest BCUT2D eigenvalue weighted by molar-refractivity contribution is 7.45. The van der Waals surface area contributed by atoms with Gasteiger partial charge in [0.05, 0.1) is 6.42 Å². The van der Waals surface area contributed by atoms with Crippen LogP contribution in [-0.4, -0.2) is 43.2 Å². The zero-order valence-electron chi connectivity index (χ0n) is 7.40. The van der Waals surface area contributed by atoms with Crippen LogP contribution >= 0.6 is 7.82 Å². The van der Waals surface area contributed by atoms with Crippen LogP contribution in [-0.2, 0) is 14.2 Å². The minimum absolute atomic E-state index is 0. The number of nitrogens with two attached hydrogens (primary N) is 2. The zero-order valence-corrected chi connectivity index (χ0v) is 8.29. The minimum atomic E-state index is -4.64. The number of hydrogen-bond acceptors (Lipinski definition) is 4. The maximum absolute atomic E-state index is 9.99. The lowest BCUT2D eigenvalue weighted by molar-refractivity contribution is -0.140. The van der Waals surface area contributed by atoms with Crippen molar-refractivity contribution in [3.63, 3.8) is 0 Å². The summed E-state index contributed by atoms with van der Waals surface area (Å²) >= 11 is 0. The van der Waals surface area contributed by atoms with Crippen LogP contribution in [0.15, 0.2) is 0 Å². The quantitative estimate of drug-likeness (QED) is 0.275. The first-order valence-electron chi connectivity index (χ1n) is 3.09. The molecule has 0 unspecified atom stereocenters. The Bertz CT molecular complexity index is 241. The predicted octanol–water partition coefficient (Wildman–Crippen LogP) is -3.48. The third-order valence-electron chi connectivity index (χ3n) is 0.738. The molecule has 92 valence electrons. The Morgan fingerprint density at radius 3 is 1.60 bits per heavy atom. The lowest BCUT2D eigenvalue weighted by atomic mass is 10.2. The number of aliphatic carboxylic acids is 1. The molecule has 11 heteroatoms. The Balaban J connectivity index is -0.000000208. The van der Waals surface area contributed by atoms with Gasteiger partial charge >= 0.3 is 13.8 Å². The number of amides is 1. The molecule has 0 aromatic heterocycles. The molecular formula is C4H13N2O8P. The topological polar surface area (TPSA) is 216 Å². The van der Waals surface area contributed by atoms with E-state index in [1.54, 1.807) is 0 Å². The first kappa shape index (κ1) is 19.5. The number of hydrogen-bond donors (Lipinski definition) is 6. The molecule has 0 radical (unpaired) electrons. The second kappa shape index (κ2) is 8.29. The Morgan fingerprint density at radius 1 is 1.27 bits per heavy atom. The molecule has 1 atom stereocenters. The Kier molecular flexibility index (Phi) is 10.8. The Labute approximate surface area is 84.1 Å². The molecule has 1 amide bonds. The van der Waals surface area contributed by atoms with Gasteiger partial charge in [0.1, 0.15) is 6.04 Å². The number of rotatable bonds is 3. The van der Waals surface area contributed by atoms with Gasteiger partial charge in [-0.2, -0.15) is 0 Å². The van der Waals surface area contributed by atoms with Gasteiger partial charge in [0.2, 0.25) is 5.91 Å². The molecule has 0 aromatic rings. The normalized spacial score (nSPS) is 11.5. The van der Waals surface area contributed by atoms with Gasteiger partial charge in [0, 0.05) is 0 Å². The maximum Gasteiger partial charge on any atom is 0.466 e. The van der Waals surface area contributed by atoms with Crippen molar-refractivity contribution in [1.82, 2.24) is 0 Å². The van der Waals surface area contributed by atoms with Crippen molar-refractivity contribution in [3.8, 4) is 0 Å². The van der Waals surface area contributed by atoms with E-state index in [1.807, 2.05) is 0 Å². The highest BCUT2D eigenvalue weighted by Crippen LogP contribution is 2.25. The molecule has 15 heavy (non-hydrogen) atoms. The van der Waals surface area contributed by atoms with Crippen LogP contribution in [0.2, 0.25) is 0 Å². The molecule has 0 spiro atoms. The van der Waals surface area contributed by atoms with Gasteiger partial charge in [-0.25, -0.2) is 4.57 Å². The van der Waals surface area contributed by atoms with E-state index in [1.165, 1.54) is 0 Å². The molecule has 0 rings (SSSR count). The average Bonchev–Trinajstić information content (AvgIpc) is 1.80. The summed E-state index contributed by atoms with van der Waals surface area (Å²) in [5, 5.41) is 8.10. The summed E-state index contributed by atoms with van der Waals surface area (Å²) in [5.74, 6) is -1.92. The van der Waals surface area contributed by atoms with E-state index in [2.05, 4.69) is 5.73 Å². The van der Waals surface area contributed by atoms with Crippen molar-refractivity contribution in [2.45, 2.75) is 12.5 Å². The van der Waals surface area contributed by atoms with E-state index in [-0.39, 0.29) is 11.9 Å². The van der Waals surface area contributed by atoms with Gasteiger partial charge in [-0.15, -0.1) is 0 Å². The second-order valence-corrected chi connectivity index (χ2v) is 3.15. The number of primary amides is 1. The standard InChI is InChI=1S/C4H8N2O3.H3O4P.H2O/c5-2(4(8)9)1-3(6)7;1-5(2,3)4;/h2H,1,5H2,(H2,6,7)(H,8,9);(H3,1,2,3,4);1H2/t2-;;/m0../s1. The van der Waals surface area contributed by atoms with Gasteiger partial charge in [-0.1, -0.05) is 0 Å². The van der Waals surface area contributed by atoms with E-state index < -0.39 is 25.7 Å². The van der Waals surface area contributed by atoms with Crippen molar-refractivity contribution >= 4 is 19.7 Å². The van der Waals surface area contributed by atoms with E-state index >= 15 is 0 Å². The monoisotopic (exact) mass is 248 g/mol. The molecule has 0 aliphatic carbocycles. The van der Waals surface area contributed by atoms with Crippen molar-refractivity contribution in [2.24, 2.45) is 11.5 Å². The molecular weight excluding hydrogens is 235 g/mol. The smallest absolute Gasteiger partial charge is 0.466 e. The largest absolute Gasteiger partial charge is 0.480 e. The van der Waals surface area contributed by atoms with Crippen molar-refractivity contribution < 1.29 is 39.4 Å². The third kappa shape index (κ3) is 32.1. The van der Waals surface area contributed by atoms with Crippen molar-refractivity contribution in [1.29, 1.82) is 0 Å². The van der Waals surface area contributed by atoms with E-state index in [9.17, 15) is 9.59 Å². The third-order valence-corrected chi connectivity index (χ3v) is 0.738. The fourth-order valence-corrected chi connectivity index (χ4v) is 0.304. The van der Waals surface area contributed by atoms with E-state index in [0.29, 0.717) is 0 Å². The molecule has 10 nitrogen and oxygen atoms in total. The van der Waals surface area contributed by atoms with Crippen LogP contribution in [0.3, 0.4) is 0 Å². The van der Waals surface area contributed by atoms with E-state index in [4.69, 9.17) is 30.1 Å². The fraction of sp³-hybridized carbons (Fsp3) is 0.500. The molecule has 0 saturated carbocycles. The number of phosphoric acid groups is 1. The summed E-state index contributed by atoms with van der Waals surface area (Å²) in [4.78, 5) is 41.5. The zero-order chi connectivity index (χ0) is 11.9. The number of carboxylic acid groups (broad SMARTS) is 1. The highest BCUT2D eigenvalue weighted by atomic mass is 31.2. The first-order valence-corrected chi connectivity index (χ1v) is 4.65. The van der Waals surface area contributed by atoms with Gasteiger partial charge in [-0.3, -0.25) is 9.59 Å². The molecule has 0 bridgehead atoms. The second-order valence-electron chi connectivity index (χ2n) is 2.13.